The molecule has 1 aliphatic heterocycles. The van der Waals surface area contributed by atoms with Crippen molar-refractivity contribution >= 4 is 11.9 Å². The van der Waals surface area contributed by atoms with Crippen molar-refractivity contribution in [2.45, 2.75) is 63.5 Å². The van der Waals surface area contributed by atoms with Crippen LogP contribution in [-0.4, -0.2) is 50.8 Å². The van der Waals surface area contributed by atoms with E-state index in [9.17, 15) is 9.59 Å². The van der Waals surface area contributed by atoms with Gasteiger partial charge in [-0.25, -0.2) is 4.79 Å². The van der Waals surface area contributed by atoms with Crippen molar-refractivity contribution in [2.24, 2.45) is 11.3 Å². The molecular formula is C18H30N2O4. The van der Waals surface area contributed by atoms with Crippen LogP contribution in [0.3, 0.4) is 0 Å². The van der Waals surface area contributed by atoms with Crippen molar-refractivity contribution in [1.29, 1.82) is 0 Å². The van der Waals surface area contributed by atoms with Crippen molar-refractivity contribution in [2.75, 3.05) is 26.8 Å². The maximum Gasteiger partial charge on any atom is 0.330 e. The van der Waals surface area contributed by atoms with Crippen LogP contribution >= 0.6 is 0 Å². The third-order valence-corrected chi connectivity index (χ3v) is 6.12. The molecule has 0 radical (unpaired) electrons. The fourth-order valence-corrected chi connectivity index (χ4v) is 4.41. The third kappa shape index (κ3) is 3.91. The first-order valence-corrected chi connectivity index (χ1v) is 9.34. The lowest BCUT2D eigenvalue weighted by Gasteiger charge is -2.45. The molecule has 4 aliphatic rings. The Morgan fingerprint density at radius 1 is 1.21 bits per heavy atom. The Morgan fingerprint density at radius 2 is 1.92 bits per heavy atom. The van der Waals surface area contributed by atoms with Gasteiger partial charge in [0.05, 0.1) is 19.8 Å². The molecule has 1 heterocycles. The topological polar surface area (TPSA) is 76.7 Å². The van der Waals surface area contributed by atoms with Gasteiger partial charge in [-0.2, -0.15) is 0 Å². The molecule has 0 spiro atoms. The zero-order valence-electron chi connectivity index (χ0n) is 14.6. The number of rotatable bonds is 6. The van der Waals surface area contributed by atoms with Crippen molar-refractivity contribution in [3.63, 3.8) is 0 Å². The number of piperidine rings is 1. The number of carbonyl (C=O) groups excluding carboxylic acids is 2. The molecule has 6 nitrogen and oxygen atoms in total. The van der Waals surface area contributed by atoms with E-state index in [1.54, 1.807) is 0 Å². The van der Waals surface area contributed by atoms with Gasteiger partial charge in [-0.15, -0.1) is 0 Å². The highest BCUT2D eigenvalue weighted by molar-refractivity contribution is 5.88. The van der Waals surface area contributed by atoms with Gasteiger partial charge in [0.25, 0.3) is 0 Å². The van der Waals surface area contributed by atoms with E-state index in [0.29, 0.717) is 0 Å². The number of carbonyl (C=O) groups is 2. The van der Waals surface area contributed by atoms with E-state index < -0.39 is 12.0 Å². The molecule has 0 aromatic carbocycles. The average Bonchev–Trinajstić information content (AvgIpc) is 2.66. The Hall–Kier alpha value is -1.14. The van der Waals surface area contributed by atoms with Crippen LogP contribution < -0.4 is 10.6 Å². The highest BCUT2D eigenvalue weighted by Crippen LogP contribution is 2.50. The highest BCUT2D eigenvalue weighted by atomic mass is 16.5. The maximum absolute atomic E-state index is 12.9. The van der Waals surface area contributed by atoms with Gasteiger partial charge in [0.2, 0.25) is 5.91 Å². The number of hydrogen-bond donors (Lipinski definition) is 2. The smallest absolute Gasteiger partial charge is 0.330 e. The fraction of sp³-hybridized carbons (Fsp3) is 0.889. The van der Waals surface area contributed by atoms with E-state index in [4.69, 9.17) is 9.47 Å². The maximum atomic E-state index is 12.9. The number of hydrogen-bond acceptors (Lipinski definition) is 5. The monoisotopic (exact) mass is 338 g/mol. The van der Waals surface area contributed by atoms with E-state index in [-0.39, 0.29) is 24.0 Å². The van der Waals surface area contributed by atoms with Crippen molar-refractivity contribution in [3.8, 4) is 0 Å². The summed E-state index contributed by atoms with van der Waals surface area (Å²) >= 11 is 0. The summed E-state index contributed by atoms with van der Waals surface area (Å²) in [6.45, 7) is 2.00. The summed E-state index contributed by atoms with van der Waals surface area (Å²) in [4.78, 5) is 24.9. The minimum absolute atomic E-state index is 0.0152. The predicted molar refractivity (Wildman–Crippen MR) is 89.4 cm³/mol. The van der Waals surface area contributed by atoms with Crippen LogP contribution in [0.15, 0.2) is 0 Å². The van der Waals surface area contributed by atoms with Crippen LogP contribution in [0.5, 0.6) is 0 Å². The first kappa shape index (κ1) is 17.7. The first-order valence-electron chi connectivity index (χ1n) is 9.34. The Balaban J connectivity index is 1.56. The molecule has 6 heteroatoms. The summed E-state index contributed by atoms with van der Waals surface area (Å²) in [5.74, 6) is 0.396. The second kappa shape index (κ2) is 7.83. The summed E-state index contributed by atoms with van der Waals surface area (Å²) in [5, 5.41) is 6.22. The van der Waals surface area contributed by atoms with E-state index in [0.717, 1.165) is 70.4 Å². The quantitative estimate of drug-likeness (QED) is 0.716. The molecule has 2 N–H and O–H groups in total. The molecule has 1 saturated heterocycles. The van der Waals surface area contributed by atoms with Crippen LogP contribution in [0, 0.1) is 11.3 Å². The Kier molecular flexibility index (Phi) is 5.76. The van der Waals surface area contributed by atoms with Gasteiger partial charge in [0.15, 0.2) is 6.04 Å². The van der Waals surface area contributed by atoms with Gasteiger partial charge >= 0.3 is 5.97 Å². The summed E-state index contributed by atoms with van der Waals surface area (Å²) in [6.07, 6.45) is 8.43. The number of methoxy groups -OCH3 is 1. The predicted octanol–water partition coefficient (Wildman–Crippen LogP) is 1.38. The summed E-state index contributed by atoms with van der Waals surface area (Å²) in [6, 6.07) is -0.710. The van der Waals surface area contributed by atoms with E-state index in [2.05, 4.69) is 10.6 Å². The van der Waals surface area contributed by atoms with Crippen LogP contribution in [-0.2, 0) is 19.1 Å². The van der Waals surface area contributed by atoms with Gasteiger partial charge in [-0.3, -0.25) is 4.79 Å². The third-order valence-electron chi connectivity index (χ3n) is 6.12. The molecule has 3 aliphatic carbocycles. The zero-order chi connectivity index (χ0) is 17.0. The molecule has 3 saturated carbocycles. The van der Waals surface area contributed by atoms with E-state index >= 15 is 0 Å². The van der Waals surface area contributed by atoms with Crippen molar-refractivity contribution in [1.82, 2.24) is 10.6 Å². The zero-order valence-corrected chi connectivity index (χ0v) is 14.6. The lowest BCUT2D eigenvalue weighted by atomic mass is 9.60. The second-order valence-corrected chi connectivity index (χ2v) is 7.61. The summed E-state index contributed by atoms with van der Waals surface area (Å²) in [5.41, 5.74) is -0.270. The Labute approximate surface area is 144 Å². The Morgan fingerprint density at radius 3 is 2.50 bits per heavy atom. The molecule has 0 aromatic rings. The van der Waals surface area contributed by atoms with Crippen LogP contribution in [0.25, 0.3) is 0 Å². The standard InChI is InChI=1S/C18H30N2O4/c1-23-16(21)15(12-24-14-3-2-10-19-11-14)20-17(22)18-7-4-13(5-8-18)6-9-18/h13-15,19H,2-12H2,1H3,(H,20,22)/t13?,14-,15-,18?/m1/s1. The second-order valence-electron chi connectivity index (χ2n) is 7.61. The number of esters is 1. The van der Waals surface area contributed by atoms with Gasteiger partial charge in [0, 0.05) is 12.0 Å². The van der Waals surface area contributed by atoms with Crippen LogP contribution in [0.2, 0.25) is 0 Å². The summed E-state index contributed by atoms with van der Waals surface area (Å²) < 4.78 is 10.7. The SMILES string of the molecule is COC(=O)[C@@H](CO[C@@H]1CCCNC1)NC(=O)C12CCC(CC1)CC2. The fourth-order valence-electron chi connectivity index (χ4n) is 4.41. The number of fused-ring (bicyclic) bond motifs is 3. The van der Waals surface area contributed by atoms with Gasteiger partial charge in [0.1, 0.15) is 0 Å². The Bertz CT molecular complexity index is 440. The number of amides is 1. The van der Waals surface area contributed by atoms with E-state index in [1.165, 1.54) is 7.11 Å². The molecule has 2 atom stereocenters. The first-order chi connectivity index (χ1) is 11.6. The largest absolute Gasteiger partial charge is 0.467 e. The van der Waals surface area contributed by atoms with Crippen molar-refractivity contribution < 1.29 is 19.1 Å². The van der Waals surface area contributed by atoms with Gasteiger partial charge in [-0.1, -0.05) is 0 Å². The van der Waals surface area contributed by atoms with Crippen LogP contribution in [0.4, 0.5) is 0 Å². The molecule has 0 unspecified atom stereocenters. The number of ether oxygens (including phenoxy) is 2. The average molecular weight is 338 g/mol. The van der Waals surface area contributed by atoms with Crippen molar-refractivity contribution in [3.05, 3.63) is 0 Å². The molecular weight excluding hydrogens is 308 g/mol. The molecule has 4 rings (SSSR count). The lowest BCUT2D eigenvalue weighted by molar-refractivity contribution is -0.151. The van der Waals surface area contributed by atoms with Crippen LogP contribution in [0.1, 0.15) is 51.4 Å². The van der Waals surface area contributed by atoms with E-state index in [1.807, 2.05) is 0 Å². The molecule has 2 bridgehead atoms. The van der Waals surface area contributed by atoms with Gasteiger partial charge in [-0.05, 0) is 63.8 Å². The molecule has 24 heavy (non-hydrogen) atoms. The number of nitrogens with one attached hydrogen (secondary N) is 2. The molecule has 1 amide bonds. The van der Waals surface area contributed by atoms with Gasteiger partial charge < -0.3 is 20.1 Å². The molecule has 136 valence electrons. The molecule has 0 aromatic heterocycles. The highest BCUT2D eigenvalue weighted by Gasteiger charge is 2.46. The summed E-state index contributed by atoms with van der Waals surface area (Å²) in [7, 11) is 1.35. The minimum Gasteiger partial charge on any atom is -0.467 e. The molecule has 4 fully saturated rings. The normalized spacial score (nSPS) is 33.7. The lowest BCUT2D eigenvalue weighted by Crippen LogP contribution is -2.53. The minimum atomic E-state index is -0.710.